The van der Waals surface area contributed by atoms with Crippen LogP contribution in [0.3, 0.4) is 0 Å². The lowest BCUT2D eigenvalue weighted by molar-refractivity contribution is 1.08. The summed E-state index contributed by atoms with van der Waals surface area (Å²) in [5, 5.41) is 1.05. The average Bonchev–Trinajstić information content (AvgIpc) is 2.38. The number of hydrogen-bond donors (Lipinski definition) is 0. The second kappa shape index (κ2) is 5.97. The molecule has 82 valence electrons. The van der Waals surface area contributed by atoms with Gasteiger partial charge in [0.25, 0.3) is 0 Å². The highest BCUT2D eigenvalue weighted by molar-refractivity contribution is 8.76. The van der Waals surface area contributed by atoms with E-state index in [1.165, 1.54) is 10.5 Å². The molecular weight excluding hydrogens is 234 g/mol. The van der Waals surface area contributed by atoms with E-state index in [0.29, 0.717) is 0 Å². The smallest absolute Gasteiger partial charge is 0.107 e. The fourth-order valence-electron chi connectivity index (χ4n) is 1.36. The maximum Gasteiger partial charge on any atom is 0.107 e. The van der Waals surface area contributed by atoms with E-state index < -0.39 is 0 Å². The lowest BCUT2D eigenvalue weighted by atomic mass is 10.2. The number of nitrogens with zero attached hydrogens (tertiary/aromatic N) is 1. The Morgan fingerprint density at radius 3 is 2.56 bits per heavy atom. The minimum atomic E-state index is 1.05. The molecule has 0 aliphatic carbocycles. The van der Waals surface area contributed by atoms with Crippen molar-refractivity contribution in [1.29, 1.82) is 0 Å². The molecule has 0 radical (unpaired) electrons. The van der Waals surface area contributed by atoms with Crippen molar-refractivity contribution in [3.63, 3.8) is 0 Å². The molecule has 0 N–H and O–H groups in total. The predicted octanol–water partition coefficient (Wildman–Crippen LogP) is 4.44. The third-order valence-electron chi connectivity index (χ3n) is 2.21. The quantitative estimate of drug-likeness (QED) is 0.741. The van der Waals surface area contributed by atoms with Crippen molar-refractivity contribution in [3.05, 3.63) is 54.2 Å². The molecular formula is C13H13NS2. The van der Waals surface area contributed by atoms with Crippen molar-refractivity contribution >= 4 is 21.6 Å². The van der Waals surface area contributed by atoms with Gasteiger partial charge in [0.15, 0.2) is 0 Å². The molecule has 1 nitrogen and oxygen atoms in total. The van der Waals surface area contributed by atoms with Crippen molar-refractivity contribution < 1.29 is 0 Å². The van der Waals surface area contributed by atoms with Crippen LogP contribution in [0.5, 0.6) is 0 Å². The lowest BCUT2D eigenvalue weighted by Crippen LogP contribution is -1.82. The summed E-state index contributed by atoms with van der Waals surface area (Å²) in [5.41, 5.74) is 1.40. The minimum Gasteiger partial charge on any atom is -0.249 e. The standard InChI is InChI=1S/C13H13NS2/c1-2-11-7-3-4-8-12(11)15-16-13-9-5-6-10-14-13/h3-10H,2H2,1H3. The average molecular weight is 247 g/mol. The van der Waals surface area contributed by atoms with Crippen LogP contribution in [0.1, 0.15) is 12.5 Å². The first-order valence-electron chi connectivity index (χ1n) is 5.23. The van der Waals surface area contributed by atoms with Gasteiger partial charge in [-0.1, -0.05) is 42.0 Å². The molecule has 2 rings (SSSR count). The monoisotopic (exact) mass is 247 g/mol. The van der Waals surface area contributed by atoms with Crippen LogP contribution in [-0.4, -0.2) is 4.98 Å². The number of rotatable bonds is 4. The summed E-state index contributed by atoms with van der Waals surface area (Å²) in [7, 11) is 3.49. The number of aromatic nitrogens is 1. The third-order valence-corrected chi connectivity index (χ3v) is 4.58. The minimum absolute atomic E-state index is 1.05. The number of hydrogen-bond acceptors (Lipinski definition) is 3. The van der Waals surface area contributed by atoms with Crippen molar-refractivity contribution in [2.24, 2.45) is 0 Å². The molecule has 0 saturated carbocycles. The second-order valence-corrected chi connectivity index (χ2v) is 5.49. The molecule has 2 aromatic rings. The Labute approximate surface area is 104 Å². The van der Waals surface area contributed by atoms with Crippen LogP contribution < -0.4 is 0 Å². The van der Waals surface area contributed by atoms with Gasteiger partial charge in [0, 0.05) is 11.1 Å². The van der Waals surface area contributed by atoms with Crippen LogP contribution in [0.15, 0.2) is 58.6 Å². The normalized spacial score (nSPS) is 10.3. The van der Waals surface area contributed by atoms with E-state index in [1.807, 2.05) is 24.4 Å². The molecule has 0 spiro atoms. The number of aryl methyl sites for hydroxylation is 1. The van der Waals surface area contributed by atoms with Gasteiger partial charge in [-0.05, 0) is 41.0 Å². The SMILES string of the molecule is CCc1ccccc1SSc1ccccn1. The van der Waals surface area contributed by atoms with Gasteiger partial charge >= 0.3 is 0 Å². The van der Waals surface area contributed by atoms with Crippen LogP contribution in [0, 0.1) is 0 Å². The maximum atomic E-state index is 4.29. The highest BCUT2D eigenvalue weighted by Gasteiger charge is 2.02. The summed E-state index contributed by atoms with van der Waals surface area (Å²) < 4.78 is 0. The highest BCUT2D eigenvalue weighted by atomic mass is 33.1. The number of pyridine rings is 1. The Balaban J connectivity index is 2.05. The van der Waals surface area contributed by atoms with Gasteiger partial charge in [0.1, 0.15) is 5.03 Å². The predicted molar refractivity (Wildman–Crippen MR) is 71.8 cm³/mol. The van der Waals surface area contributed by atoms with Gasteiger partial charge in [0.2, 0.25) is 0 Å². The Morgan fingerprint density at radius 1 is 1.00 bits per heavy atom. The second-order valence-electron chi connectivity index (χ2n) is 3.30. The topological polar surface area (TPSA) is 12.9 Å². The van der Waals surface area contributed by atoms with Crippen molar-refractivity contribution in [2.45, 2.75) is 23.3 Å². The van der Waals surface area contributed by atoms with Gasteiger partial charge in [-0.2, -0.15) is 0 Å². The van der Waals surface area contributed by atoms with Crippen LogP contribution in [0.2, 0.25) is 0 Å². The number of benzene rings is 1. The van der Waals surface area contributed by atoms with Gasteiger partial charge in [-0.25, -0.2) is 4.98 Å². The van der Waals surface area contributed by atoms with Gasteiger partial charge in [-0.15, -0.1) is 0 Å². The molecule has 16 heavy (non-hydrogen) atoms. The van der Waals surface area contributed by atoms with Crippen molar-refractivity contribution in [3.8, 4) is 0 Å². The van der Waals surface area contributed by atoms with E-state index >= 15 is 0 Å². The molecule has 0 amide bonds. The van der Waals surface area contributed by atoms with Crippen LogP contribution in [0.4, 0.5) is 0 Å². The van der Waals surface area contributed by atoms with Crippen molar-refractivity contribution in [2.75, 3.05) is 0 Å². The van der Waals surface area contributed by atoms with E-state index in [0.717, 1.165) is 11.4 Å². The molecule has 3 heteroatoms. The largest absolute Gasteiger partial charge is 0.249 e. The van der Waals surface area contributed by atoms with Gasteiger partial charge in [0.05, 0.1) is 0 Å². The third kappa shape index (κ3) is 3.03. The van der Waals surface area contributed by atoms with Crippen LogP contribution >= 0.6 is 21.6 Å². The summed E-state index contributed by atoms with van der Waals surface area (Å²) in [6, 6.07) is 14.5. The van der Waals surface area contributed by atoms with Gasteiger partial charge in [-0.3, -0.25) is 0 Å². The van der Waals surface area contributed by atoms with E-state index in [9.17, 15) is 0 Å². The molecule has 0 saturated heterocycles. The molecule has 0 atom stereocenters. The fourth-order valence-corrected chi connectivity index (χ4v) is 3.54. The summed E-state index contributed by atoms with van der Waals surface area (Å²) in [5.74, 6) is 0. The zero-order valence-corrected chi connectivity index (χ0v) is 10.7. The summed E-state index contributed by atoms with van der Waals surface area (Å²) in [6.45, 7) is 2.19. The van der Waals surface area contributed by atoms with Crippen molar-refractivity contribution in [1.82, 2.24) is 4.98 Å². The zero-order chi connectivity index (χ0) is 11.2. The first-order chi connectivity index (χ1) is 7.90. The Morgan fingerprint density at radius 2 is 1.81 bits per heavy atom. The van der Waals surface area contributed by atoms with E-state index in [1.54, 1.807) is 21.6 Å². The Kier molecular flexibility index (Phi) is 4.31. The summed E-state index contributed by atoms with van der Waals surface area (Å²) in [6.07, 6.45) is 2.90. The molecule has 1 aromatic heterocycles. The molecule has 0 unspecified atom stereocenters. The van der Waals surface area contributed by atoms with E-state index in [4.69, 9.17) is 0 Å². The maximum absolute atomic E-state index is 4.29. The van der Waals surface area contributed by atoms with Crippen LogP contribution in [-0.2, 0) is 6.42 Å². The molecule has 0 aliphatic rings. The zero-order valence-electron chi connectivity index (χ0n) is 9.09. The Bertz CT molecular complexity index is 443. The lowest BCUT2D eigenvalue weighted by Gasteiger charge is -2.05. The Hall–Kier alpha value is -0.930. The highest BCUT2D eigenvalue weighted by Crippen LogP contribution is 2.37. The fraction of sp³-hybridized carbons (Fsp3) is 0.154. The van der Waals surface area contributed by atoms with E-state index in [-0.39, 0.29) is 0 Å². The summed E-state index contributed by atoms with van der Waals surface area (Å²) in [4.78, 5) is 5.63. The molecule has 0 fully saturated rings. The molecule has 0 bridgehead atoms. The van der Waals surface area contributed by atoms with Gasteiger partial charge < -0.3 is 0 Å². The molecule has 1 aromatic carbocycles. The van der Waals surface area contributed by atoms with E-state index in [2.05, 4.69) is 36.2 Å². The molecule has 1 heterocycles. The first-order valence-corrected chi connectivity index (χ1v) is 7.38. The first kappa shape index (κ1) is 11.6. The molecule has 0 aliphatic heterocycles. The summed E-state index contributed by atoms with van der Waals surface area (Å²) >= 11 is 0. The van der Waals surface area contributed by atoms with Crippen LogP contribution in [0.25, 0.3) is 0 Å².